The highest BCUT2D eigenvalue weighted by molar-refractivity contribution is 6.02. The van der Waals surface area contributed by atoms with Crippen molar-refractivity contribution in [1.82, 2.24) is 0 Å². The number of fused-ring (bicyclic) bond motifs is 1. The Kier molecular flexibility index (Phi) is 2.41. The number of nitrogens with zero attached hydrogens (tertiary/aromatic N) is 1. The summed E-state index contributed by atoms with van der Waals surface area (Å²) < 4.78 is 0. The molecule has 17 heavy (non-hydrogen) atoms. The highest BCUT2D eigenvalue weighted by atomic mass is 16.6. The Balaban J connectivity index is 2.64. The number of nitrogens with one attached hydrogen (secondary N) is 1. The van der Waals surface area contributed by atoms with Crippen molar-refractivity contribution in [3.8, 4) is 0 Å². The molecule has 0 bridgehead atoms. The van der Waals surface area contributed by atoms with Crippen LogP contribution < -0.4 is 5.32 Å². The van der Waals surface area contributed by atoms with Crippen LogP contribution in [0.4, 0.5) is 11.4 Å². The number of rotatable bonds is 1. The molecule has 0 unspecified atom stereocenters. The predicted molar refractivity (Wildman–Crippen MR) is 64.1 cm³/mol. The van der Waals surface area contributed by atoms with Crippen molar-refractivity contribution in [2.24, 2.45) is 0 Å². The third-order valence-corrected chi connectivity index (χ3v) is 2.88. The van der Waals surface area contributed by atoms with Gasteiger partial charge in [0.1, 0.15) is 5.69 Å². The second-order valence-corrected chi connectivity index (χ2v) is 5.26. The van der Waals surface area contributed by atoms with E-state index in [1.54, 1.807) is 6.07 Å². The Hall–Kier alpha value is -1.91. The van der Waals surface area contributed by atoms with Crippen LogP contribution in [0.1, 0.15) is 31.9 Å². The van der Waals surface area contributed by atoms with Crippen molar-refractivity contribution in [2.45, 2.75) is 32.6 Å². The molecular formula is C12H14N2O3. The van der Waals surface area contributed by atoms with Gasteiger partial charge in [0, 0.05) is 6.07 Å². The zero-order valence-electron chi connectivity index (χ0n) is 10.0. The van der Waals surface area contributed by atoms with Crippen molar-refractivity contribution >= 4 is 17.3 Å². The van der Waals surface area contributed by atoms with E-state index in [2.05, 4.69) is 5.32 Å². The van der Waals surface area contributed by atoms with Gasteiger partial charge in [0.25, 0.3) is 5.69 Å². The van der Waals surface area contributed by atoms with Gasteiger partial charge < -0.3 is 5.32 Å². The summed E-state index contributed by atoms with van der Waals surface area (Å²) in [5.74, 6) is -0.186. The lowest BCUT2D eigenvalue weighted by atomic mass is 9.85. The first kappa shape index (κ1) is 11.6. The van der Waals surface area contributed by atoms with E-state index in [0.29, 0.717) is 11.3 Å². The summed E-state index contributed by atoms with van der Waals surface area (Å²) in [5, 5.41) is 13.5. The SMILES string of the molecule is CC(C)(C)c1cc2c(c([N+](=O)[O-])c1)NC(=O)C2. The van der Waals surface area contributed by atoms with E-state index in [4.69, 9.17) is 0 Å². The number of amides is 1. The number of benzene rings is 1. The monoisotopic (exact) mass is 234 g/mol. The molecule has 0 saturated heterocycles. The Labute approximate surface area is 99.0 Å². The minimum atomic E-state index is -0.445. The Morgan fingerprint density at radius 1 is 1.35 bits per heavy atom. The lowest BCUT2D eigenvalue weighted by Gasteiger charge is -2.19. The molecule has 2 rings (SSSR count). The van der Waals surface area contributed by atoms with Gasteiger partial charge in [0.05, 0.1) is 11.3 Å². The molecular weight excluding hydrogens is 220 g/mol. The second kappa shape index (κ2) is 3.55. The van der Waals surface area contributed by atoms with E-state index in [1.807, 2.05) is 26.8 Å². The number of carbonyl (C=O) groups excluding carboxylic acids is 1. The molecule has 0 spiro atoms. The average molecular weight is 234 g/mol. The number of hydrogen-bond donors (Lipinski definition) is 1. The Morgan fingerprint density at radius 3 is 2.53 bits per heavy atom. The lowest BCUT2D eigenvalue weighted by Crippen LogP contribution is -2.12. The summed E-state index contributed by atoms with van der Waals surface area (Å²) in [7, 11) is 0. The summed E-state index contributed by atoms with van der Waals surface area (Å²) in [6.07, 6.45) is 0.222. The first-order valence-electron chi connectivity index (χ1n) is 5.40. The Morgan fingerprint density at radius 2 is 2.00 bits per heavy atom. The summed E-state index contributed by atoms with van der Waals surface area (Å²) >= 11 is 0. The number of carbonyl (C=O) groups is 1. The molecule has 0 radical (unpaired) electrons. The first-order valence-corrected chi connectivity index (χ1v) is 5.40. The normalized spacial score (nSPS) is 14.4. The molecule has 1 aliphatic heterocycles. The summed E-state index contributed by atoms with van der Waals surface area (Å²) in [6.45, 7) is 5.97. The van der Waals surface area contributed by atoms with Crippen LogP contribution in [-0.4, -0.2) is 10.8 Å². The number of nitro benzene ring substituents is 1. The van der Waals surface area contributed by atoms with Gasteiger partial charge in [0.2, 0.25) is 5.91 Å². The van der Waals surface area contributed by atoms with Crippen LogP contribution in [-0.2, 0) is 16.6 Å². The van der Waals surface area contributed by atoms with E-state index < -0.39 is 4.92 Å². The fraction of sp³-hybridized carbons (Fsp3) is 0.417. The molecule has 90 valence electrons. The molecule has 0 saturated carbocycles. The van der Waals surface area contributed by atoms with Gasteiger partial charge in [-0.2, -0.15) is 0 Å². The predicted octanol–water partition coefficient (Wildman–Crippen LogP) is 2.39. The number of anilines is 1. The minimum absolute atomic E-state index is 0.0155. The molecule has 5 heteroatoms. The van der Waals surface area contributed by atoms with Crippen LogP contribution >= 0.6 is 0 Å². The molecule has 0 aromatic heterocycles. The van der Waals surface area contributed by atoms with Gasteiger partial charge in [-0.05, 0) is 16.5 Å². The van der Waals surface area contributed by atoms with Crippen LogP contribution in [0.3, 0.4) is 0 Å². The molecule has 1 N–H and O–H groups in total. The molecule has 0 aliphatic carbocycles. The molecule has 0 atom stereocenters. The van der Waals surface area contributed by atoms with Gasteiger partial charge in [-0.15, -0.1) is 0 Å². The number of hydrogen-bond acceptors (Lipinski definition) is 3. The largest absolute Gasteiger partial charge is 0.320 e. The van der Waals surface area contributed by atoms with Crippen molar-refractivity contribution in [3.63, 3.8) is 0 Å². The van der Waals surface area contributed by atoms with Crippen molar-refractivity contribution in [1.29, 1.82) is 0 Å². The van der Waals surface area contributed by atoms with Crippen LogP contribution in [0.15, 0.2) is 12.1 Å². The van der Waals surface area contributed by atoms with Gasteiger partial charge in [-0.3, -0.25) is 14.9 Å². The highest BCUT2D eigenvalue weighted by Crippen LogP contribution is 2.37. The van der Waals surface area contributed by atoms with Crippen molar-refractivity contribution in [3.05, 3.63) is 33.4 Å². The second-order valence-electron chi connectivity index (χ2n) is 5.26. The first-order chi connectivity index (χ1) is 7.79. The van der Waals surface area contributed by atoms with Crippen molar-refractivity contribution < 1.29 is 9.72 Å². The molecule has 5 nitrogen and oxygen atoms in total. The van der Waals surface area contributed by atoms with Crippen LogP contribution in [0, 0.1) is 10.1 Å². The van der Waals surface area contributed by atoms with Crippen LogP contribution in [0.5, 0.6) is 0 Å². The molecule has 1 amide bonds. The zero-order chi connectivity index (χ0) is 12.8. The quantitative estimate of drug-likeness (QED) is 0.599. The van der Waals surface area contributed by atoms with Crippen LogP contribution in [0.25, 0.3) is 0 Å². The topological polar surface area (TPSA) is 72.2 Å². The number of nitro groups is 1. The summed E-state index contributed by atoms with van der Waals surface area (Å²) in [6, 6.07) is 3.42. The Bertz CT molecular complexity index is 515. The summed E-state index contributed by atoms with van der Waals surface area (Å²) in [5.41, 5.74) is 1.76. The van der Waals surface area contributed by atoms with E-state index in [-0.39, 0.29) is 23.4 Å². The van der Waals surface area contributed by atoms with E-state index >= 15 is 0 Å². The maximum absolute atomic E-state index is 11.3. The third-order valence-electron chi connectivity index (χ3n) is 2.88. The van der Waals surface area contributed by atoms with Gasteiger partial charge in [0.15, 0.2) is 0 Å². The molecule has 1 aromatic carbocycles. The third kappa shape index (κ3) is 2.00. The maximum Gasteiger partial charge on any atom is 0.293 e. The van der Waals surface area contributed by atoms with Crippen LogP contribution in [0.2, 0.25) is 0 Å². The molecule has 1 aliphatic rings. The summed E-state index contributed by atoms with van der Waals surface area (Å²) in [4.78, 5) is 21.9. The van der Waals surface area contributed by atoms with E-state index in [0.717, 1.165) is 5.56 Å². The minimum Gasteiger partial charge on any atom is -0.320 e. The fourth-order valence-corrected chi connectivity index (χ4v) is 1.90. The smallest absolute Gasteiger partial charge is 0.293 e. The van der Waals surface area contributed by atoms with Crippen molar-refractivity contribution in [2.75, 3.05) is 5.32 Å². The molecule has 1 aromatic rings. The van der Waals surface area contributed by atoms with Gasteiger partial charge in [-0.1, -0.05) is 26.8 Å². The maximum atomic E-state index is 11.3. The average Bonchev–Trinajstić information content (AvgIpc) is 2.54. The molecule has 1 heterocycles. The van der Waals surface area contributed by atoms with Gasteiger partial charge >= 0.3 is 0 Å². The fourth-order valence-electron chi connectivity index (χ4n) is 1.90. The standard InChI is InChI=1S/C12H14N2O3/c1-12(2,3)8-4-7-5-10(15)13-11(7)9(6-8)14(16)17/h4,6H,5H2,1-3H3,(H,13,15). The molecule has 0 fully saturated rings. The van der Waals surface area contributed by atoms with E-state index in [9.17, 15) is 14.9 Å². The van der Waals surface area contributed by atoms with E-state index in [1.165, 1.54) is 0 Å². The highest BCUT2D eigenvalue weighted by Gasteiger charge is 2.29. The zero-order valence-corrected chi connectivity index (χ0v) is 10.0. The van der Waals surface area contributed by atoms with Gasteiger partial charge in [-0.25, -0.2) is 0 Å². The lowest BCUT2D eigenvalue weighted by molar-refractivity contribution is -0.384.